The summed E-state index contributed by atoms with van der Waals surface area (Å²) in [7, 11) is 1.89. The largest absolute Gasteiger partial charge is 0.386 e. The third kappa shape index (κ3) is 4.70. The molecule has 3 aromatic rings. The van der Waals surface area contributed by atoms with E-state index in [1.807, 2.05) is 61.6 Å². The normalized spacial score (nSPS) is 16.2. The summed E-state index contributed by atoms with van der Waals surface area (Å²) in [6.45, 7) is 3.44. The van der Waals surface area contributed by atoms with Crippen molar-refractivity contribution in [3.8, 4) is 12.1 Å². The van der Waals surface area contributed by atoms with Gasteiger partial charge in [-0.25, -0.2) is 0 Å². The maximum absolute atomic E-state index is 9.29. The van der Waals surface area contributed by atoms with Gasteiger partial charge in [0.25, 0.3) is 0 Å². The van der Waals surface area contributed by atoms with Gasteiger partial charge in [-0.2, -0.15) is 10.5 Å². The van der Waals surface area contributed by atoms with Crippen molar-refractivity contribution in [1.82, 2.24) is 4.90 Å². The van der Waals surface area contributed by atoms with Crippen LogP contribution in [0.4, 0.5) is 11.4 Å². The average Bonchev–Trinajstić information content (AvgIpc) is 2.84. The molecule has 1 saturated heterocycles. The number of nitrogens with zero attached hydrogens (tertiary/aromatic N) is 4. The van der Waals surface area contributed by atoms with Gasteiger partial charge < -0.3 is 10.2 Å². The van der Waals surface area contributed by atoms with Crippen LogP contribution in [-0.4, -0.2) is 31.6 Å². The Morgan fingerprint density at radius 3 is 2.28 bits per heavy atom. The van der Waals surface area contributed by atoms with Crippen molar-refractivity contribution in [2.45, 2.75) is 12.6 Å². The monoisotopic (exact) mass is 441 g/mol. The molecule has 0 aliphatic carbocycles. The van der Waals surface area contributed by atoms with E-state index in [0.29, 0.717) is 11.1 Å². The number of hydrogen-bond donors (Lipinski definition) is 1. The molecule has 1 fully saturated rings. The predicted octanol–water partition coefficient (Wildman–Crippen LogP) is 5.19. The first-order valence-electron chi connectivity index (χ1n) is 10.6. The highest BCUT2D eigenvalue weighted by Crippen LogP contribution is 2.36. The molecule has 0 bridgehead atoms. The summed E-state index contributed by atoms with van der Waals surface area (Å²) >= 11 is 6.16. The molecule has 5 nitrogen and oxygen atoms in total. The number of halogens is 1. The second-order valence-corrected chi connectivity index (χ2v) is 8.33. The van der Waals surface area contributed by atoms with Gasteiger partial charge in [0.15, 0.2) is 0 Å². The first-order chi connectivity index (χ1) is 15.6. The molecule has 0 saturated carbocycles. The van der Waals surface area contributed by atoms with Crippen LogP contribution < -0.4 is 10.2 Å². The molecular formula is C26H24ClN5. The fraction of sp³-hybridized carbons (Fsp3) is 0.231. The van der Waals surface area contributed by atoms with Crippen LogP contribution in [0.3, 0.4) is 0 Å². The molecule has 1 atom stereocenters. The minimum atomic E-state index is 0.138. The van der Waals surface area contributed by atoms with E-state index >= 15 is 0 Å². The van der Waals surface area contributed by atoms with Crippen LogP contribution in [0.5, 0.6) is 0 Å². The van der Waals surface area contributed by atoms with Crippen molar-refractivity contribution in [2.24, 2.45) is 0 Å². The number of anilines is 2. The molecule has 1 N–H and O–H groups in total. The van der Waals surface area contributed by atoms with Gasteiger partial charge in [0.2, 0.25) is 0 Å². The van der Waals surface area contributed by atoms with Crippen molar-refractivity contribution >= 4 is 23.0 Å². The summed E-state index contributed by atoms with van der Waals surface area (Å²) in [4.78, 5) is 4.85. The van der Waals surface area contributed by atoms with Crippen LogP contribution in [0.2, 0.25) is 5.02 Å². The molecule has 32 heavy (non-hydrogen) atoms. The van der Waals surface area contributed by atoms with Gasteiger partial charge in [-0.15, -0.1) is 0 Å². The Morgan fingerprint density at radius 2 is 1.62 bits per heavy atom. The SMILES string of the molecule is CNc1cc(C#N)ccc1N1CCN(Cc2ccc(C#N)cc2)CC1c1ccc(Cl)cc1. The van der Waals surface area contributed by atoms with Crippen LogP contribution >= 0.6 is 11.6 Å². The van der Waals surface area contributed by atoms with Crippen LogP contribution in [0.15, 0.2) is 66.7 Å². The Bertz CT molecular complexity index is 1160. The fourth-order valence-electron chi connectivity index (χ4n) is 4.24. The van der Waals surface area contributed by atoms with E-state index in [-0.39, 0.29) is 6.04 Å². The molecular weight excluding hydrogens is 418 g/mol. The predicted molar refractivity (Wildman–Crippen MR) is 129 cm³/mol. The fourth-order valence-corrected chi connectivity index (χ4v) is 4.37. The maximum atomic E-state index is 9.29. The number of benzene rings is 3. The first kappa shape index (κ1) is 21.7. The van der Waals surface area contributed by atoms with E-state index in [4.69, 9.17) is 16.9 Å². The lowest BCUT2D eigenvalue weighted by atomic mass is 10.00. The van der Waals surface area contributed by atoms with Crippen LogP contribution in [0.25, 0.3) is 0 Å². The topological polar surface area (TPSA) is 66.1 Å². The summed E-state index contributed by atoms with van der Waals surface area (Å²) in [6, 6.07) is 26.2. The highest BCUT2D eigenvalue weighted by Gasteiger charge is 2.30. The number of piperazine rings is 1. The van der Waals surface area contributed by atoms with Gasteiger partial charge in [0.05, 0.1) is 40.7 Å². The van der Waals surface area contributed by atoms with Crippen molar-refractivity contribution in [2.75, 3.05) is 36.9 Å². The summed E-state index contributed by atoms with van der Waals surface area (Å²) in [5, 5.41) is 22.3. The van der Waals surface area contributed by atoms with Crippen molar-refractivity contribution in [1.29, 1.82) is 10.5 Å². The molecule has 0 amide bonds. The van der Waals surface area contributed by atoms with Gasteiger partial charge in [-0.1, -0.05) is 35.9 Å². The molecule has 0 aromatic heterocycles. The molecule has 4 rings (SSSR count). The van der Waals surface area contributed by atoms with Gasteiger partial charge in [0.1, 0.15) is 0 Å². The molecule has 3 aromatic carbocycles. The zero-order valence-corrected chi connectivity index (χ0v) is 18.7. The number of nitriles is 2. The molecule has 1 unspecified atom stereocenters. The van der Waals surface area contributed by atoms with E-state index in [0.717, 1.165) is 42.6 Å². The van der Waals surface area contributed by atoms with Gasteiger partial charge in [-0.3, -0.25) is 4.90 Å². The lowest BCUT2D eigenvalue weighted by Crippen LogP contribution is -2.48. The number of rotatable bonds is 5. The van der Waals surface area contributed by atoms with Crippen molar-refractivity contribution in [3.05, 3.63) is 94.0 Å². The van der Waals surface area contributed by atoms with Gasteiger partial charge >= 0.3 is 0 Å². The van der Waals surface area contributed by atoms with E-state index in [1.54, 1.807) is 0 Å². The standard InChI is InChI=1S/C26H24ClN5/c1-30-24-14-21(16-29)6-11-25(24)32-13-12-31(17-20-4-2-19(15-28)3-5-20)18-26(32)22-7-9-23(27)10-8-22/h2-11,14,26,30H,12-13,17-18H2,1H3. The Labute approximate surface area is 194 Å². The smallest absolute Gasteiger partial charge is 0.0992 e. The van der Waals surface area contributed by atoms with Crippen LogP contribution in [-0.2, 0) is 6.54 Å². The van der Waals surface area contributed by atoms with Crippen molar-refractivity contribution in [3.63, 3.8) is 0 Å². The van der Waals surface area contributed by atoms with E-state index in [1.165, 1.54) is 11.1 Å². The second-order valence-electron chi connectivity index (χ2n) is 7.90. The molecule has 0 radical (unpaired) electrons. The Balaban J connectivity index is 1.63. The molecule has 1 aliphatic heterocycles. The Hall–Kier alpha value is -3.51. The zero-order valence-electron chi connectivity index (χ0n) is 17.9. The highest BCUT2D eigenvalue weighted by molar-refractivity contribution is 6.30. The van der Waals surface area contributed by atoms with E-state index in [9.17, 15) is 5.26 Å². The highest BCUT2D eigenvalue weighted by atomic mass is 35.5. The molecule has 1 heterocycles. The first-order valence-corrected chi connectivity index (χ1v) is 10.9. The quantitative estimate of drug-likeness (QED) is 0.590. The van der Waals surface area contributed by atoms with E-state index in [2.05, 4.69) is 39.4 Å². The zero-order chi connectivity index (χ0) is 22.5. The second kappa shape index (κ2) is 9.75. The minimum Gasteiger partial charge on any atom is -0.386 e. The van der Waals surface area contributed by atoms with E-state index < -0.39 is 0 Å². The van der Waals surface area contributed by atoms with Gasteiger partial charge in [-0.05, 0) is 53.6 Å². The summed E-state index contributed by atoms with van der Waals surface area (Å²) in [5.41, 5.74) is 5.75. The minimum absolute atomic E-state index is 0.138. The number of hydrogen-bond acceptors (Lipinski definition) is 5. The average molecular weight is 442 g/mol. The summed E-state index contributed by atoms with van der Waals surface area (Å²) < 4.78 is 0. The van der Waals surface area contributed by atoms with Crippen molar-refractivity contribution < 1.29 is 0 Å². The number of nitrogens with one attached hydrogen (secondary N) is 1. The molecule has 160 valence electrons. The lowest BCUT2D eigenvalue weighted by Gasteiger charge is -2.44. The Morgan fingerprint density at radius 1 is 0.938 bits per heavy atom. The lowest BCUT2D eigenvalue weighted by molar-refractivity contribution is 0.215. The molecule has 0 spiro atoms. The maximum Gasteiger partial charge on any atom is 0.0992 e. The van der Waals surface area contributed by atoms with Gasteiger partial charge in [0, 0.05) is 38.2 Å². The van der Waals surface area contributed by atoms with Crippen LogP contribution in [0.1, 0.15) is 28.3 Å². The summed E-state index contributed by atoms with van der Waals surface area (Å²) in [5.74, 6) is 0. The third-order valence-electron chi connectivity index (χ3n) is 5.91. The molecule has 1 aliphatic rings. The molecule has 6 heteroatoms. The third-order valence-corrected chi connectivity index (χ3v) is 6.16. The summed E-state index contributed by atoms with van der Waals surface area (Å²) in [6.07, 6.45) is 0. The Kier molecular flexibility index (Phi) is 6.61. The van der Waals surface area contributed by atoms with Crippen LogP contribution in [0, 0.1) is 22.7 Å².